The van der Waals surface area contributed by atoms with Crippen molar-refractivity contribution in [1.82, 2.24) is 0 Å². The molecule has 0 aliphatic carbocycles. The van der Waals surface area contributed by atoms with E-state index < -0.39 is 21.7 Å². The number of benzene rings is 1. The minimum absolute atomic E-state index is 0.0500. The highest BCUT2D eigenvalue weighted by atomic mass is 32.2. The fourth-order valence-electron chi connectivity index (χ4n) is 1.34. The van der Waals surface area contributed by atoms with Crippen LogP contribution in [0.5, 0.6) is 0 Å². The Kier molecular flexibility index (Phi) is 6.03. The second-order valence-corrected chi connectivity index (χ2v) is 7.52. The van der Waals surface area contributed by atoms with Crippen LogP contribution in [0.3, 0.4) is 0 Å². The van der Waals surface area contributed by atoms with E-state index >= 15 is 0 Å². The molecule has 0 aromatic heterocycles. The quantitative estimate of drug-likeness (QED) is 0.684. The van der Waals surface area contributed by atoms with E-state index in [9.17, 15) is 18.0 Å². The number of carbonyl (C=O) groups is 2. The maximum absolute atomic E-state index is 11.6. The van der Waals surface area contributed by atoms with Gasteiger partial charge in [0.1, 0.15) is 0 Å². The zero-order chi connectivity index (χ0) is 15.2. The molecule has 3 N–H and O–H groups in total. The molecule has 8 heteroatoms. The van der Waals surface area contributed by atoms with Crippen molar-refractivity contribution in [3.05, 3.63) is 29.8 Å². The van der Waals surface area contributed by atoms with Gasteiger partial charge in [0.15, 0.2) is 9.84 Å². The number of primary amides is 1. The lowest BCUT2D eigenvalue weighted by molar-refractivity contribution is -0.117. The van der Waals surface area contributed by atoms with E-state index in [0.29, 0.717) is 5.75 Å². The minimum atomic E-state index is -3.28. The van der Waals surface area contributed by atoms with Gasteiger partial charge in [-0.1, -0.05) is 0 Å². The number of rotatable bonds is 8. The molecule has 0 unspecified atom stereocenters. The molecule has 0 bridgehead atoms. The van der Waals surface area contributed by atoms with Crippen molar-refractivity contribution in [1.29, 1.82) is 0 Å². The van der Waals surface area contributed by atoms with Gasteiger partial charge in [-0.2, -0.15) is 0 Å². The topological polar surface area (TPSA) is 115 Å². The Labute approximate surface area is 121 Å². The van der Waals surface area contributed by atoms with Crippen molar-refractivity contribution in [2.45, 2.75) is 11.3 Å². The number of amides is 1. The minimum Gasteiger partial charge on any atom is -0.478 e. The Hall–Kier alpha value is -1.54. The molecule has 0 heterocycles. The molecule has 0 saturated carbocycles. The Morgan fingerprint density at radius 1 is 1.15 bits per heavy atom. The van der Waals surface area contributed by atoms with Crippen LogP contribution in [-0.2, 0) is 14.6 Å². The van der Waals surface area contributed by atoms with E-state index in [0.717, 1.165) is 4.90 Å². The van der Waals surface area contributed by atoms with Crippen molar-refractivity contribution in [3.8, 4) is 0 Å². The third-order valence-electron chi connectivity index (χ3n) is 2.42. The molecule has 0 aliphatic heterocycles. The first kappa shape index (κ1) is 16.5. The van der Waals surface area contributed by atoms with E-state index in [1.54, 1.807) is 12.1 Å². The van der Waals surface area contributed by atoms with Gasteiger partial charge in [-0.25, -0.2) is 13.2 Å². The highest BCUT2D eigenvalue weighted by Gasteiger charge is 2.12. The summed E-state index contributed by atoms with van der Waals surface area (Å²) in [7, 11) is -3.28. The molecule has 1 aromatic carbocycles. The molecule has 0 spiro atoms. The Morgan fingerprint density at radius 3 is 2.25 bits per heavy atom. The normalized spacial score (nSPS) is 11.2. The lowest BCUT2D eigenvalue weighted by Gasteiger charge is -2.04. The maximum Gasteiger partial charge on any atom is 0.335 e. The lowest BCUT2D eigenvalue weighted by Crippen LogP contribution is -2.19. The van der Waals surface area contributed by atoms with E-state index in [4.69, 9.17) is 10.8 Å². The number of nitrogens with two attached hydrogens (primary N) is 1. The number of carbonyl (C=O) groups excluding carboxylic acids is 1. The molecule has 1 amide bonds. The molecule has 0 radical (unpaired) electrons. The smallest absolute Gasteiger partial charge is 0.335 e. The van der Waals surface area contributed by atoms with Crippen LogP contribution >= 0.6 is 11.8 Å². The van der Waals surface area contributed by atoms with Crippen LogP contribution in [0.1, 0.15) is 16.8 Å². The molecule has 110 valence electrons. The van der Waals surface area contributed by atoms with Crippen molar-refractivity contribution in [3.63, 3.8) is 0 Å². The average Bonchev–Trinajstić information content (AvgIpc) is 2.37. The number of thioether (sulfide) groups is 1. The van der Waals surface area contributed by atoms with Crippen LogP contribution < -0.4 is 5.73 Å². The van der Waals surface area contributed by atoms with Gasteiger partial charge in [0.05, 0.1) is 17.1 Å². The number of aromatic carboxylic acids is 1. The highest BCUT2D eigenvalue weighted by Crippen LogP contribution is 2.19. The fourth-order valence-corrected chi connectivity index (χ4v) is 3.97. The maximum atomic E-state index is 11.6. The first-order chi connectivity index (χ1) is 9.30. The van der Waals surface area contributed by atoms with Gasteiger partial charge in [-0.15, -0.1) is 11.8 Å². The molecule has 0 fully saturated rings. The van der Waals surface area contributed by atoms with Gasteiger partial charge in [0.25, 0.3) is 0 Å². The van der Waals surface area contributed by atoms with Crippen LogP contribution in [0, 0.1) is 0 Å². The molecule has 1 rings (SSSR count). The second-order valence-electron chi connectivity index (χ2n) is 4.05. The zero-order valence-corrected chi connectivity index (χ0v) is 12.2. The van der Waals surface area contributed by atoms with Gasteiger partial charge in [0, 0.05) is 17.1 Å². The van der Waals surface area contributed by atoms with Crippen LogP contribution in [-0.4, -0.2) is 42.7 Å². The van der Waals surface area contributed by atoms with Gasteiger partial charge in [-0.05, 0) is 24.3 Å². The predicted octanol–water partition coefficient (Wildman–Crippen LogP) is 0.767. The summed E-state index contributed by atoms with van der Waals surface area (Å²) in [5.74, 6) is -1.58. The molecule has 1 aromatic rings. The molecule has 6 nitrogen and oxygen atoms in total. The van der Waals surface area contributed by atoms with E-state index in [1.807, 2.05) is 0 Å². The summed E-state index contributed by atoms with van der Waals surface area (Å²) in [4.78, 5) is 22.0. The second kappa shape index (κ2) is 7.30. The summed E-state index contributed by atoms with van der Waals surface area (Å²) in [6, 6.07) is 6.19. The van der Waals surface area contributed by atoms with E-state index in [1.165, 1.54) is 23.9 Å². The highest BCUT2D eigenvalue weighted by molar-refractivity contribution is 8.00. The third kappa shape index (κ3) is 6.07. The van der Waals surface area contributed by atoms with E-state index in [2.05, 4.69) is 0 Å². The standard InChI is InChI=1S/C12H15NO5S2/c13-11(14)5-7-20(17,18)8-6-19-10-3-1-9(2-4-10)12(15)16/h1-4H,5-8H2,(H2,13,14)(H,15,16). The third-order valence-corrected chi connectivity index (χ3v) is 5.35. The summed E-state index contributed by atoms with van der Waals surface area (Å²) in [6.45, 7) is 0. The number of carboxylic acid groups (broad SMARTS) is 1. The number of carboxylic acids is 1. The monoisotopic (exact) mass is 317 g/mol. The molecular weight excluding hydrogens is 302 g/mol. The molecule has 0 saturated heterocycles. The van der Waals surface area contributed by atoms with Gasteiger partial charge in [-0.3, -0.25) is 4.79 Å². The number of sulfone groups is 1. The molecular formula is C12H15NO5S2. The Balaban J connectivity index is 2.44. The average molecular weight is 317 g/mol. The fraction of sp³-hybridized carbons (Fsp3) is 0.333. The summed E-state index contributed by atoms with van der Waals surface area (Å²) in [5.41, 5.74) is 5.09. The van der Waals surface area contributed by atoms with Crippen LogP contribution in [0.2, 0.25) is 0 Å². The van der Waals surface area contributed by atoms with Gasteiger partial charge in [0.2, 0.25) is 5.91 Å². The zero-order valence-electron chi connectivity index (χ0n) is 10.6. The Morgan fingerprint density at radius 2 is 1.75 bits per heavy atom. The first-order valence-electron chi connectivity index (χ1n) is 5.75. The number of hydrogen-bond donors (Lipinski definition) is 2. The van der Waals surface area contributed by atoms with Crippen molar-refractivity contribution in [2.75, 3.05) is 17.3 Å². The summed E-state index contributed by atoms with van der Waals surface area (Å²) in [5, 5.41) is 8.74. The van der Waals surface area contributed by atoms with Crippen LogP contribution in [0.4, 0.5) is 0 Å². The van der Waals surface area contributed by atoms with Crippen molar-refractivity contribution in [2.24, 2.45) is 5.73 Å². The molecule has 0 atom stereocenters. The lowest BCUT2D eigenvalue weighted by atomic mass is 10.2. The number of hydrogen-bond acceptors (Lipinski definition) is 5. The first-order valence-corrected chi connectivity index (χ1v) is 8.56. The van der Waals surface area contributed by atoms with Gasteiger partial charge < -0.3 is 10.8 Å². The summed E-state index contributed by atoms with van der Waals surface area (Å²) in [6.07, 6.45) is -0.166. The summed E-state index contributed by atoms with van der Waals surface area (Å²) >= 11 is 1.31. The Bertz CT molecular complexity index is 580. The SMILES string of the molecule is NC(=O)CCS(=O)(=O)CCSc1ccc(C(=O)O)cc1. The van der Waals surface area contributed by atoms with Crippen LogP contribution in [0.25, 0.3) is 0 Å². The largest absolute Gasteiger partial charge is 0.478 e. The van der Waals surface area contributed by atoms with Gasteiger partial charge >= 0.3 is 5.97 Å². The van der Waals surface area contributed by atoms with Crippen LogP contribution in [0.15, 0.2) is 29.2 Å². The molecule has 20 heavy (non-hydrogen) atoms. The summed E-state index contributed by atoms with van der Waals surface area (Å²) < 4.78 is 23.1. The molecule has 0 aliphatic rings. The van der Waals surface area contributed by atoms with E-state index in [-0.39, 0.29) is 23.5 Å². The van der Waals surface area contributed by atoms with Crippen molar-refractivity contribution < 1.29 is 23.1 Å². The predicted molar refractivity (Wildman–Crippen MR) is 76.6 cm³/mol. The van der Waals surface area contributed by atoms with Crippen molar-refractivity contribution >= 4 is 33.5 Å².